The summed E-state index contributed by atoms with van der Waals surface area (Å²) in [5.41, 5.74) is 1.97. The fraction of sp³-hybridized carbons (Fsp3) is 0.500. The molecule has 6 heteroatoms. The molecule has 0 amide bonds. The van der Waals surface area contributed by atoms with E-state index in [9.17, 15) is 0 Å². The highest BCUT2D eigenvalue weighted by molar-refractivity contribution is 5.79. The molecular weight excluding hydrogens is 352 g/mol. The SMILES string of the molecule is CCON=Cc1ccc(OCCCC2CCN(c3ccc(C)nn3)CC2)cc1. The zero-order valence-electron chi connectivity index (χ0n) is 16.9. The van der Waals surface area contributed by atoms with Crippen LogP contribution in [0.2, 0.25) is 0 Å². The second kappa shape index (κ2) is 10.6. The Morgan fingerprint density at radius 1 is 1.11 bits per heavy atom. The quantitative estimate of drug-likeness (QED) is 0.369. The van der Waals surface area contributed by atoms with Crippen molar-refractivity contribution in [2.45, 2.75) is 39.5 Å². The number of ether oxygens (including phenoxy) is 1. The molecule has 2 aromatic rings. The molecule has 0 N–H and O–H groups in total. The van der Waals surface area contributed by atoms with Gasteiger partial charge in [-0.15, -0.1) is 5.10 Å². The van der Waals surface area contributed by atoms with Crippen molar-refractivity contribution in [2.24, 2.45) is 11.1 Å². The van der Waals surface area contributed by atoms with Crippen LogP contribution in [0, 0.1) is 12.8 Å². The van der Waals surface area contributed by atoms with Gasteiger partial charge in [-0.2, -0.15) is 5.10 Å². The number of anilines is 1. The minimum absolute atomic E-state index is 0.580. The van der Waals surface area contributed by atoms with Gasteiger partial charge in [0.1, 0.15) is 12.4 Å². The topological polar surface area (TPSA) is 59.8 Å². The maximum absolute atomic E-state index is 5.87. The third-order valence-corrected chi connectivity index (χ3v) is 5.03. The summed E-state index contributed by atoms with van der Waals surface area (Å²) < 4.78 is 5.87. The number of hydrogen-bond donors (Lipinski definition) is 0. The number of aryl methyl sites for hydroxylation is 1. The molecule has 2 heterocycles. The fourth-order valence-corrected chi connectivity index (χ4v) is 3.40. The average Bonchev–Trinajstić information content (AvgIpc) is 2.73. The molecule has 0 atom stereocenters. The second-order valence-electron chi connectivity index (χ2n) is 7.18. The van der Waals surface area contributed by atoms with E-state index in [1.165, 1.54) is 19.3 Å². The molecule has 1 aromatic heterocycles. The summed E-state index contributed by atoms with van der Waals surface area (Å²) in [7, 11) is 0. The number of benzene rings is 1. The standard InChI is InChI=1S/C22H30N4O2/c1-3-28-23-17-20-7-9-21(10-8-20)27-16-4-5-19-12-14-26(15-13-19)22-11-6-18(2)24-25-22/h6-11,17,19H,3-5,12-16H2,1-2H3. The Labute approximate surface area is 167 Å². The van der Waals surface area contributed by atoms with Crippen molar-refractivity contribution in [3.8, 4) is 5.75 Å². The van der Waals surface area contributed by atoms with Crippen molar-refractivity contribution in [3.05, 3.63) is 47.7 Å². The Bertz CT molecular complexity index is 723. The third-order valence-electron chi connectivity index (χ3n) is 5.03. The summed E-state index contributed by atoms with van der Waals surface area (Å²) >= 11 is 0. The highest BCUT2D eigenvalue weighted by Crippen LogP contribution is 2.25. The molecule has 28 heavy (non-hydrogen) atoms. The van der Waals surface area contributed by atoms with Crippen molar-refractivity contribution in [2.75, 3.05) is 31.2 Å². The van der Waals surface area contributed by atoms with Crippen molar-refractivity contribution >= 4 is 12.0 Å². The number of nitrogens with zero attached hydrogens (tertiary/aromatic N) is 4. The van der Waals surface area contributed by atoms with Crippen LogP contribution in [0.1, 0.15) is 43.9 Å². The van der Waals surface area contributed by atoms with Crippen LogP contribution in [0.4, 0.5) is 5.82 Å². The predicted molar refractivity (Wildman–Crippen MR) is 112 cm³/mol. The zero-order chi connectivity index (χ0) is 19.6. The first kappa shape index (κ1) is 20.1. The number of oxime groups is 1. The predicted octanol–water partition coefficient (Wildman–Crippen LogP) is 4.23. The van der Waals surface area contributed by atoms with E-state index in [2.05, 4.69) is 26.3 Å². The number of aromatic nitrogens is 2. The van der Waals surface area contributed by atoms with Gasteiger partial charge in [-0.25, -0.2) is 0 Å². The Morgan fingerprint density at radius 2 is 1.89 bits per heavy atom. The Balaban J connectivity index is 1.32. The molecule has 0 unspecified atom stereocenters. The molecule has 0 aliphatic carbocycles. The molecule has 3 rings (SSSR count). The monoisotopic (exact) mass is 382 g/mol. The van der Waals surface area contributed by atoms with Gasteiger partial charge in [-0.05, 0) is 87.4 Å². The number of piperidine rings is 1. The van der Waals surface area contributed by atoms with Gasteiger partial charge in [-0.3, -0.25) is 0 Å². The molecule has 0 saturated carbocycles. The first-order chi connectivity index (χ1) is 13.7. The molecule has 0 radical (unpaired) electrons. The molecule has 1 fully saturated rings. The minimum Gasteiger partial charge on any atom is -0.494 e. The molecular formula is C22H30N4O2. The Kier molecular flexibility index (Phi) is 7.64. The maximum Gasteiger partial charge on any atom is 0.151 e. The van der Waals surface area contributed by atoms with Crippen molar-refractivity contribution < 1.29 is 9.57 Å². The summed E-state index contributed by atoms with van der Waals surface area (Å²) in [5.74, 6) is 2.68. The lowest BCUT2D eigenvalue weighted by atomic mass is 9.92. The molecule has 150 valence electrons. The first-order valence-electron chi connectivity index (χ1n) is 10.2. The summed E-state index contributed by atoms with van der Waals surface area (Å²) in [4.78, 5) is 7.31. The van der Waals surface area contributed by atoms with Crippen LogP contribution in [0.3, 0.4) is 0 Å². The highest BCUT2D eigenvalue weighted by Gasteiger charge is 2.20. The van der Waals surface area contributed by atoms with E-state index in [1.807, 2.05) is 44.2 Å². The summed E-state index contributed by atoms with van der Waals surface area (Å²) in [5, 5.41) is 12.3. The van der Waals surface area contributed by atoms with Gasteiger partial charge in [0, 0.05) is 13.1 Å². The lowest BCUT2D eigenvalue weighted by Gasteiger charge is -2.32. The molecule has 0 spiro atoms. The van der Waals surface area contributed by atoms with Gasteiger partial charge in [0.25, 0.3) is 0 Å². The van der Waals surface area contributed by atoms with E-state index in [4.69, 9.17) is 9.57 Å². The van der Waals surface area contributed by atoms with Crippen LogP contribution in [-0.2, 0) is 4.84 Å². The highest BCUT2D eigenvalue weighted by atomic mass is 16.6. The Morgan fingerprint density at radius 3 is 2.57 bits per heavy atom. The van der Waals surface area contributed by atoms with Crippen LogP contribution >= 0.6 is 0 Å². The van der Waals surface area contributed by atoms with Crippen molar-refractivity contribution in [1.82, 2.24) is 10.2 Å². The van der Waals surface area contributed by atoms with Gasteiger partial charge in [-0.1, -0.05) is 5.16 Å². The van der Waals surface area contributed by atoms with Crippen LogP contribution in [0.15, 0.2) is 41.6 Å². The first-order valence-corrected chi connectivity index (χ1v) is 10.2. The lowest BCUT2D eigenvalue weighted by molar-refractivity contribution is 0.160. The lowest BCUT2D eigenvalue weighted by Crippen LogP contribution is -2.34. The molecule has 1 saturated heterocycles. The van der Waals surface area contributed by atoms with Crippen LogP contribution in [0.25, 0.3) is 0 Å². The summed E-state index contributed by atoms with van der Waals surface area (Å²) in [6.45, 7) is 7.35. The Hall–Kier alpha value is -2.63. The minimum atomic E-state index is 0.580. The number of hydrogen-bond acceptors (Lipinski definition) is 6. The maximum atomic E-state index is 5.87. The van der Waals surface area contributed by atoms with Gasteiger partial charge >= 0.3 is 0 Å². The zero-order valence-corrected chi connectivity index (χ0v) is 16.9. The van der Waals surface area contributed by atoms with Gasteiger partial charge in [0.15, 0.2) is 5.82 Å². The average molecular weight is 383 g/mol. The molecule has 0 bridgehead atoms. The van der Waals surface area contributed by atoms with E-state index in [-0.39, 0.29) is 0 Å². The molecule has 6 nitrogen and oxygen atoms in total. The summed E-state index contributed by atoms with van der Waals surface area (Å²) in [6, 6.07) is 12.0. The molecule has 1 aliphatic heterocycles. The van der Waals surface area contributed by atoms with Crippen LogP contribution in [0.5, 0.6) is 5.75 Å². The second-order valence-corrected chi connectivity index (χ2v) is 7.18. The van der Waals surface area contributed by atoms with Crippen molar-refractivity contribution in [1.29, 1.82) is 0 Å². The van der Waals surface area contributed by atoms with E-state index >= 15 is 0 Å². The molecule has 1 aromatic carbocycles. The van der Waals surface area contributed by atoms with E-state index < -0.39 is 0 Å². The van der Waals surface area contributed by atoms with Gasteiger partial charge < -0.3 is 14.5 Å². The molecule has 1 aliphatic rings. The van der Waals surface area contributed by atoms with Crippen molar-refractivity contribution in [3.63, 3.8) is 0 Å². The smallest absolute Gasteiger partial charge is 0.151 e. The van der Waals surface area contributed by atoms with E-state index in [0.29, 0.717) is 6.61 Å². The van der Waals surface area contributed by atoms with Gasteiger partial charge in [0.05, 0.1) is 18.5 Å². The largest absolute Gasteiger partial charge is 0.494 e. The number of rotatable bonds is 9. The van der Waals surface area contributed by atoms with Crippen LogP contribution < -0.4 is 9.64 Å². The van der Waals surface area contributed by atoms with E-state index in [1.54, 1.807) is 6.21 Å². The fourth-order valence-electron chi connectivity index (χ4n) is 3.40. The normalized spacial score (nSPS) is 15.1. The van der Waals surface area contributed by atoms with E-state index in [0.717, 1.165) is 54.9 Å². The van der Waals surface area contributed by atoms with Crippen LogP contribution in [-0.4, -0.2) is 42.7 Å². The van der Waals surface area contributed by atoms with Gasteiger partial charge in [0.2, 0.25) is 0 Å². The third kappa shape index (κ3) is 6.22. The summed E-state index contributed by atoms with van der Waals surface area (Å²) in [6.07, 6.45) is 6.43.